The molecule has 1 saturated heterocycles. The van der Waals surface area contributed by atoms with Crippen molar-refractivity contribution >= 4 is 39.7 Å². The predicted octanol–water partition coefficient (Wildman–Crippen LogP) is 5.30. The molecule has 1 N–H and O–H groups in total. The van der Waals surface area contributed by atoms with Crippen LogP contribution in [0.15, 0.2) is 54.7 Å². The molecule has 1 atom stereocenters. The molecule has 0 saturated carbocycles. The number of thiazole rings is 1. The highest BCUT2D eigenvalue weighted by Crippen LogP contribution is 2.33. The Morgan fingerprint density at radius 2 is 2.00 bits per heavy atom. The Morgan fingerprint density at radius 1 is 1.20 bits per heavy atom. The van der Waals surface area contributed by atoms with E-state index >= 15 is 0 Å². The van der Waals surface area contributed by atoms with Crippen molar-refractivity contribution in [1.29, 1.82) is 0 Å². The fraction of sp³-hybridized carbons (Fsp3) is 0.227. The topological polar surface area (TPSA) is 53.9 Å². The summed E-state index contributed by atoms with van der Waals surface area (Å²) in [6, 6.07) is 14.1. The molecule has 0 radical (unpaired) electrons. The summed E-state index contributed by atoms with van der Waals surface area (Å²) in [6.07, 6.45) is 3.57. The van der Waals surface area contributed by atoms with Crippen LogP contribution in [0.5, 0.6) is 0 Å². The largest absolute Gasteiger partial charge is 0.337 e. The number of aromatic nitrogens is 3. The number of nitrogens with zero attached hydrogens (tertiary/aromatic N) is 3. The van der Waals surface area contributed by atoms with Gasteiger partial charge in [-0.3, -0.25) is 9.36 Å². The van der Waals surface area contributed by atoms with E-state index in [0.717, 1.165) is 23.4 Å². The average Bonchev–Trinajstić information content (AvgIpc) is 3.38. The van der Waals surface area contributed by atoms with Gasteiger partial charge in [0.05, 0.1) is 15.2 Å². The Bertz CT molecular complexity index is 1240. The zero-order chi connectivity index (χ0) is 20.7. The van der Waals surface area contributed by atoms with Crippen LogP contribution >= 0.6 is 23.6 Å². The van der Waals surface area contributed by atoms with E-state index in [9.17, 15) is 9.18 Å². The molecule has 1 fully saturated rings. The van der Waals surface area contributed by atoms with Crippen LogP contribution in [0, 0.1) is 10.6 Å². The third-order valence-electron chi connectivity index (χ3n) is 5.45. The molecule has 0 aliphatic carbocycles. The molecule has 5 rings (SSSR count). The molecule has 2 aromatic carbocycles. The third kappa shape index (κ3) is 3.46. The van der Waals surface area contributed by atoms with Crippen molar-refractivity contribution in [3.8, 4) is 5.69 Å². The van der Waals surface area contributed by atoms with Crippen molar-refractivity contribution in [2.45, 2.75) is 18.8 Å². The molecule has 0 spiro atoms. The highest BCUT2D eigenvalue weighted by molar-refractivity contribution is 7.71. The molecule has 4 aromatic rings. The summed E-state index contributed by atoms with van der Waals surface area (Å²) in [6.45, 7) is 1.32. The maximum Gasteiger partial charge on any atom is 0.272 e. The lowest BCUT2D eigenvalue weighted by atomic mass is 9.98. The van der Waals surface area contributed by atoms with Gasteiger partial charge in [-0.05, 0) is 61.5 Å². The molecule has 0 bridgehead atoms. The van der Waals surface area contributed by atoms with E-state index in [1.807, 2.05) is 23.1 Å². The molecule has 1 amide bonds. The van der Waals surface area contributed by atoms with Gasteiger partial charge in [-0.25, -0.2) is 9.37 Å². The Labute approximate surface area is 181 Å². The number of fused-ring (bicyclic) bond motifs is 1. The number of carbonyl (C=O) groups is 1. The van der Waals surface area contributed by atoms with Crippen molar-refractivity contribution in [1.82, 2.24) is 19.4 Å². The van der Waals surface area contributed by atoms with Gasteiger partial charge in [0.25, 0.3) is 5.91 Å². The molecule has 2 aromatic heterocycles. The number of amides is 1. The summed E-state index contributed by atoms with van der Waals surface area (Å²) in [4.78, 5) is 23.0. The number of imidazole rings is 1. The van der Waals surface area contributed by atoms with Gasteiger partial charge >= 0.3 is 0 Å². The summed E-state index contributed by atoms with van der Waals surface area (Å²) in [7, 11) is 0. The Balaban J connectivity index is 1.43. The fourth-order valence-electron chi connectivity index (χ4n) is 3.96. The lowest BCUT2D eigenvalue weighted by molar-refractivity contribution is 0.0699. The second-order valence-electron chi connectivity index (χ2n) is 7.40. The summed E-state index contributed by atoms with van der Waals surface area (Å²) >= 11 is 7.09. The molecule has 1 unspecified atom stereocenters. The number of halogens is 1. The Hall–Kier alpha value is -2.84. The van der Waals surface area contributed by atoms with Crippen LogP contribution in [-0.4, -0.2) is 38.4 Å². The second-order valence-corrected chi connectivity index (χ2v) is 8.85. The van der Waals surface area contributed by atoms with Gasteiger partial charge in [-0.1, -0.05) is 12.1 Å². The van der Waals surface area contributed by atoms with Crippen molar-refractivity contribution in [3.05, 3.63) is 76.0 Å². The van der Waals surface area contributed by atoms with E-state index in [2.05, 4.69) is 11.1 Å². The van der Waals surface area contributed by atoms with Crippen molar-refractivity contribution < 1.29 is 9.18 Å². The minimum atomic E-state index is -0.330. The Morgan fingerprint density at radius 3 is 2.80 bits per heavy atom. The first-order valence-corrected chi connectivity index (χ1v) is 11.0. The smallest absolute Gasteiger partial charge is 0.272 e. The molecule has 30 heavy (non-hydrogen) atoms. The summed E-state index contributed by atoms with van der Waals surface area (Å²) < 4.78 is 16.6. The molecular formula is C22H19FN4OS2. The highest BCUT2D eigenvalue weighted by atomic mass is 32.1. The van der Waals surface area contributed by atoms with E-state index in [1.54, 1.807) is 34.2 Å². The van der Waals surface area contributed by atoms with Gasteiger partial charge in [0, 0.05) is 30.9 Å². The Kier molecular flexibility index (Phi) is 4.96. The van der Waals surface area contributed by atoms with Crippen LogP contribution in [-0.2, 0) is 0 Å². The number of piperidine rings is 1. The van der Waals surface area contributed by atoms with E-state index in [1.165, 1.54) is 16.8 Å². The number of benzene rings is 2. The monoisotopic (exact) mass is 438 g/mol. The lowest BCUT2D eigenvalue weighted by Crippen LogP contribution is -2.39. The van der Waals surface area contributed by atoms with Crippen LogP contribution in [0.3, 0.4) is 0 Å². The normalized spacial score (nSPS) is 16.8. The van der Waals surface area contributed by atoms with Gasteiger partial charge in [0.2, 0.25) is 0 Å². The summed E-state index contributed by atoms with van der Waals surface area (Å²) in [5, 5.41) is 1.08. The zero-order valence-corrected chi connectivity index (χ0v) is 17.7. The minimum Gasteiger partial charge on any atom is -0.337 e. The molecule has 3 heterocycles. The molecule has 1 aliphatic heterocycles. The van der Waals surface area contributed by atoms with Gasteiger partial charge in [0.1, 0.15) is 11.5 Å². The number of hydrogen-bond donors (Lipinski definition) is 1. The number of nitrogens with one attached hydrogen (secondary N) is 1. The maximum atomic E-state index is 13.4. The number of likely N-dealkylation sites (tertiary alicyclic amines) is 1. The van der Waals surface area contributed by atoms with Crippen molar-refractivity contribution in [3.63, 3.8) is 0 Å². The molecular weight excluding hydrogens is 419 g/mol. The van der Waals surface area contributed by atoms with E-state index < -0.39 is 0 Å². The number of hydrogen-bond acceptors (Lipinski definition) is 4. The molecule has 152 valence electrons. The lowest BCUT2D eigenvalue weighted by Gasteiger charge is -2.32. The molecule has 1 aliphatic rings. The SMILES string of the molecule is O=C(c1c[nH]c(=S)n1-c1ccc(F)cc1)N1CCCC(c2nc3ccccc3s2)C1. The fourth-order valence-corrected chi connectivity index (χ4v) is 5.32. The standard InChI is InChI=1S/C22H19FN4OS2/c23-15-7-9-16(10-8-15)27-18(12-24-22(27)29)21(28)26-11-3-4-14(13-26)20-25-17-5-1-2-6-19(17)30-20/h1-2,5-10,12,14H,3-4,11,13H2,(H,24,29). The maximum absolute atomic E-state index is 13.4. The van der Waals surface area contributed by atoms with Crippen LogP contribution in [0.1, 0.15) is 34.3 Å². The predicted molar refractivity (Wildman–Crippen MR) is 118 cm³/mol. The van der Waals surface area contributed by atoms with Crippen molar-refractivity contribution in [2.24, 2.45) is 0 Å². The number of aromatic amines is 1. The average molecular weight is 439 g/mol. The molecule has 8 heteroatoms. The van der Waals surface area contributed by atoms with E-state index in [0.29, 0.717) is 29.2 Å². The van der Waals surface area contributed by atoms with E-state index in [4.69, 9.17) is 17.2 Å². The van der Waals surface area contributed by atoms with Crippen LogP contribution in [0.25, 0.3) is 15.9 Å². The molecule has 5 nitrogen and oxygen atoms in total. The summed E-state index contributed by atoms with van der Waals surface area (Å²) in [5.74, 6) is -0.192. The van der Waals surface area contributed by atoms with Gasteiger partial charge in [-0.2, -0.15) is 0 Å². The van der Waals surface area contributed by atoms with Crippen LogP contribution in [0.4, 0.5) is 4.39 Å². The first-order chi connectivity index (χ1) is 14.6. The number of carbonyl (C=O) groups excluding carboxylic acids is 1. The summed E-state index contributed by atoms with van der Waals surface area (Å²) in [5.41, 5.74) is 2.12. The first kappa shape index (κ1) is 19.1. The van der Waals surface area contributed by atoms with Crippen LogP contribution in [0.2, 0.25) is 0 Å². The zero-order valence-electron chi connectivity index (χ0n) is 16.0. The number of para-hydroxylation sites is 1. The van der Waals surface area contributed by atoms with E-state index in [-0.39, 0.29) is 17.6 Å². The second kappa shape index (κ2) is 7.77. The highest BCUT2D eigenvalue weighted by Gasteiger charge is 2.29. The van der Waals surface area contributed by atoms with Crippen LogP contribution < -0.4 is 0 Å². The van der Waals surface area contributed by atoms with Crippen molar-refractivity contribution in [2.75, 3.05) is 13.1 Å². The van der Waals surface area contributed by atoms with Gasteiger partial charge < -0.3 is 9.88 Å². The quantitative estimate of drug-likeness (QED) is 0.442. The first-order valence-electron chi connectivity index (χ1n) is 9.81. The number of rotatable bonds is 3. The number of H-pyrrole nitrogens is 1. The van der Waals surface area contributed by atoms with Gasteiger partial charge in [-0.15, -0.1) is 11.3 Å². The van der Waals surface area contributed by atoms with Gasteiger partial charge in [0.15, 0.2) is 4.77 Å². The minimum absolute atomic E-state index is 0.0857. The third-order valence-corrected chi connectivity index (χ3v) is 6.95.